The number of hydrogen-bond acceptors (Lipinski definition) is 2. The van der Waals surface area contributed by atoms with E-state index in [0.29, 0.717) is 4.90 Å². The molecule has 22 heavy (non-hydrogen) atoms. The van der Waals surface area contributed by atoms with Crippen molar-refractivity contribution < 1.29 is 49.0 Å². The number of nitrogens with zero attached hydrogens (tertiary/aromatic N) is 1. The van der Waals surface area contributed by atoms with Gasteiger partial charge in [0.1, 0.15) is 0 Å². The number of hydrogen-bond donors (Lipinski definition) is 1. The fourth-order valence-electron chi connectivity index (χ4n) is 1.70. The number of amides is 2. The zero-order chi connectivity index (χ0) is 17.4. The minimum atomic E-state index is -6.83. The van der Waals surface area contributed by atoms with Gasteiger partial charge in [0, 0.05) is 13.1 Å². The summed E-state index contributed by atoms with van der Waals surface area (Å²) in [6.45, 7) is -1.31. The smallest absolute Gasteiger partial charge is 0.378 e. The number of nitrogens with one attached hydrogen (secondary N) is 1. The molecule has 1 fully saturated rings. The Morgan fingerprint density at radius 1 is 0.818 bits per heavy atom. The zero-order valence-electron chi connectivity index (χ0n) is 10.5. The molecule has 1 aliphatic heterocycles. The number of urea groups is 1. The van der Waals surface area contributed by atoms with Crippen LogP contribution in [-0.2, 0) is 4.74 Å². The van der Waals surface area contributed by atoms with Gasteiger partial charge < -0.3 is 15.0 Å². The predicted molar refractivity (Wildman–Crippen MR) is 51.8 cm³/mol. The highest BCUT2D eigenvalue weighted by Crippen LogP contribution is 2.52. The van der Waals surface area contributed by atoms with Gasteiger partial charge in [-0.05, 0) is 0 Å². The van der Waals surface area contributed by atoms with E-state index in [1.54, 1.807) is 0 Å². The van der Waals surface area contributed by atoms with E-state index in [-0.39, 0.29) is 18.5 Å². The van der Waals surface area contributed by atoms with E-state index in [2.05, 4.69) is 0 Å². The van der Waals surface area contributed by atoms with Crippen LogP contribution in [0.2, 0.25) is 0 Å². The van der Waals surface area contributed by atoms with Gasteiger partial charge in [0.25, 0.3) is 0 Å². The highest BCUT2D eigenvalue weighted by molar-refractivity contribution is 5.75. The molecular formula is C9H9F9N2O2. The van der Waals surface area contributed by atoms with Crippen LogP contribution in [0.15, 0.2) is 0 Å². The molecule has 0 aromatic rings. The summed E-state index contributed by atoms with van der Waals surface area (Å²) in [7, 11) is 0. The Labute approximate surface area is 117 Å². The molecule has 1 N–H and O–H groups in total. The summed E-state index contributed by atoms with van der Waals surface area (Å²) in [5.41, 5.74) is -6.34. The molecule has 1 saturated heterocycles. The standard InChI is InChI=1S/C9H9F9N2O2/c10-7(11,12)6(8(13,14)15,9(16,17)18)19-5(21)20-1-3-22-4-2-20/h1-4H2,(H,19,21). The second kappa shape index (κ2) is 5.66. The van der Waals surface area contributed by atoms with Crippen molar-refractivity contribution in [3.05, 3.63) is 0 Å². The first-order valence-electron chi connectivity index (χ1n) is 5.59. The molecule has 1 heterocycles. The van der Waals surface area contributed by atoms with Crippen molar-refractivity contribution in [2.24, 2.45) is 0 Å². The van der Waals surface area contributed by atoms with Crippen molar-refractivity contribution in [1.29, 1.82) is 0 Å². The summed E-state index contributed by atoms with van der Waals surface area (Å²) in [6, 6.07) is -2.13. The maximum atomic E-state index is 12.6. The first-order valence-corrected chi connectivity index (χ1v) is 5.59. The summed E-state index contributed by atoms with van der Waals surface area (Å²) in [6.07, 6.45) is -20.5. The topological polar surface area (TPSA) is 41.6 Å². The van der Waals surface area contributed by atoms with Gasteiger partial charge in [-0.25, -0.2) is 4.79 Å². The highest BCUT2D eigenvalue weighted by atomic mass is 19.4. The number of rotatable bonds is 1. The average Bonchev–Trinajstić information content (AvgIpc) is 2.32. The molecule has 1 aliphatic rings. The predicted octanol–water partition coefficient (Wildman–Crippen LogP) is 2.45. The van der Waals surface area contributed by atoms with Crippen LogP contribution in [0, 0.1) is 0 Å². The van der Waals surface area contributed by atoms with Gasteiger partial charge >= 0.3 is 30.1 Å². The minimum Gasteiger partial charge on any atom is -0.378 e. The van der Waals surface area contributed by atoms with E-state index in [1.807, 2.05) is 0 Å². The number of carbonyl (C=O) groups excluding carboxylic acids is 1. The fourth-order valence-corrected chi connectivity index (χ4v) is 1.70. The van der Waals surface area contributed by atoms with Crippen LogP contribution < -0.4 is 5.32 Å². The van der Waals surface area contributed by atoms with Crippen molar-refractivity contribution >= 4 is 6.03 Å². The van der Waals surface area contributed by atoms with Gasteiger partial charge in [-0.3, -0.25) is 0 Å². The molecule has 13 heteroatoms. The maximum Gasteiger partial charge on any atom is 0.429 e. The van der Waals surface area contributed by atoms with Crippen LogP contribution in [0.5, 0.6) is 0 Å². The summed E-state index contributed by atoms with van der Waals surface area (Å²) >= 11 is 0. The zero-order valence-corrected chi connectivity index (χ0v) is 10.5. The van der Waals surface area contributed by atoms with Crippen molar-refractivity contribution in [3.8, 4) is 0 Å². The second-order valence-corrected chi connectivity index (χ2v) is 4.27. The summed E-state index contributed by atoms with van der Waals surface area (Å²) in [4.78, 5) is 11.8. The third-order valence-electron chi connectivity index (χ3n) is 2.87. The lowest BCUT2D eigenvalue weighted by atomic mass is 9.97. The Balaban J connectivity index is 3.23. The van der Waals surface area contributed by atoms with Crippen LogP contribution in [0.4, 0.5) is 44.3 Å². The lowest BCUT2D eigenvalue weighted by Crippen LogP contribution is -2.76. The Hall–Kier alpha value is -1.40. The molecule has 0 spiro atoms. The van der Waals surface area contributed by atoms with Gasteiger partial charge in [0.15, 0.2) is 0 Å². The SMILES string of the molecule is O=C(NC(C(F)(F)F)(C(F)(F)F)C(F)(F)F)N1CCOCC1. The first-order chi connectivity index (χ1) is 9.74. The molecule has 0 aliphatic carbocycles. The van der Waals surface area contributed by atoms with Gasteiger partial charge in [-0.2, -0.15) is 39.5 Å². The molecule has 2 amide bonds. The van der Waals surface area contributed by atoms with Gasteiger partial charge in [0.05, 0.1) is 13.2 Å². The Bertz CT molecular complexity index is 373. The largest absolute Gasteiger partial charge is 0.429 e. The van der Waals surface area contributed by atoms with Crippen LogP contribution in [0.3, 0.4) is 0 Å². The van der Waals surface area contributed by atoms with E-state index in [0.717, 1.165) is 0 Å². The second-order valence-electron chi connectivity index (χ2n) is 4.27. The van der Waals surface area contributed by atoms with Gasteiger partial charge in [-0.15, -0.1) is 0 Å². The average molecular weight is 348 g/mol. The number of morpholine rings is 1. The van der Waals surface area contributed by atoms with E-state index >= 15 is 0 Å². The van der Waals surface area contributed by atoms with Crippen molar-refractivity contribution in [2.75, 3.05) is 26.3 Å². The van der Waals surface area contributed by atoms with E-state index < -0.39 is 43.2 Å². The quantitative estimate of drug-likeness (QED) is 0.740. The molecule has 0 saturated carbocycles. The summed E-state index contributed by atoms with van der Waals surface area (Å²) < 4.78 is 118. The van der Waals surface area contributed by atoms with Crippen molar-refractivity contribution in [2.45, 2.75) is 24.1 Å². The highest BCUT2D eigenvalue weighted by Gasteiger charge is 2.85. The molecule has 0 aromatic carbocycles. The van der Waals surface area contributed by atoms with Crippen LogP contribution in [-0.4, -0.2) is 61.3 Å². The van der Waals surface area contributed by atoms with Crippen LogP contribution in [0.25, 0.3) is 0 Å². The monoisotopic (exact) mass is 348 g/mol. The lowest BCUT2D eigenvalue weighted by molar-refractivity contribution is -0.386. The number of alkyl halides is 9. The minimum absolute atomic E-state index is 0.0765. The van der Waals surface area contributed by atoms with Gasteiger partial charge in [0.2, 0.25) is 0 Å². The Morgan fingerprint density at radius 2 is 1.18 bits per heavy atom. The Morgan fingerprint density at radius 3 is 1.50 bits per heavy atom. The fraction of sp³-hybridized carbons (Fsp3) is 0.889. The van der Waals surface area contributed by atoms with E-state index in [1.165, 1.54) is 0 Å². The number of carbonyl (C=O) groups is 1. The maximum absolute atomic E-state index is 12.6. The lowest BCUT2D eigenvalue weighted by Gasteiger charge is -2.40. The van der Waals surface area contributed by atoms with Gasteiger partial charge in [-0.1, -0.05) is 0 Å². The molecule has 0 aromatic heterocycles. The number of halogens is 9. The molecule has 4 nitrogen and oxygen atoms in total. The van der Waals surface area contributed by atoms with Crippen molar-refractivity contribution in [3.63, 3.8) is 0 Å². The molecule has 1 rings (SSSR count). The molecule has 0 radical (unpaired) electrons. The molecule has 0 atom stereocenters. The Kier molecular flexibility index (Phi) is 4.80. The van der Waals surface area contributed by atoms with Crippen LogP contribution >= 0.6 is 0 Å². The molecule has 0 bridgehead atoms. The number of ether oxygens (including phenoxy) is 1. The van der Waals surface area contributed by atoms with E-state index in [9.17, 15) is 44.3 Å². The molecular weight excluding hydrogens is 339 g/mol. The molecule has 0 unspecified atom stereocenters. The summed E-state index contributed by atoms with van der Waals surface area (Å²) in [5, 5.41) is 0.0765. The third kappa shape index (κ3) is 3.17. The molecule has 130 valence electrons. The van der Waals surface area contributed by atoms with Crippen LogP contribution in [0.1, 0.15) is 0 Å². The third-order valence-corrected chi connectivity index (χ3v) is 2.87. The first kappa shape index (κ1) is 18.6. The van der Waals surface area contributed by atoms with Crippen molar-refractivity contribution in [1.82, 2.24) is 10.2 Å². The summed E-state index contributed by atoms with van der Waals surface area (Å²) in [5.74, 6) is 0. The van der Waals surface area contributed by atoms with E-state index in [4.69, 9.17) is 4.74 Å². The normalized spacial score (nSPS) is 18.3.